The van der Waals surface area contributed by atoms with Crippen LogP contribution >= 0.6 is 0 Å². The highest BCUT2D eigenvalue weighted by atomic mass is 15.0. The number of aromatic nitrogens is 2. The Labute approximate surface area is 55.5 Å². The third kappa shape index (κ3) is 1.88. The molecule has 2 heteroatoms. The van der Waals surface area contributed by atoms with Crippen molar-refractivity contribution >= 4 is 0 Å². The zero-order valence-corrected chi connectivity index (χ0v) is 5.83. The van der Waals surface area contributed by atoms with E-state index in [0.29, 0.717) is 0 Å². The number of imidazole rings is 1. The normalized spacial score (nSPS) is 10.6. The van der Waals surface area contributed by atoms with Gasteiger partial charge in [0.25, 0.3) is 0 Å². The lowest BCUT2D eigenvalue weighted by Gasteiger charge is -2.02. The molecule has 1 rings (SSSR count). The first-order chi connectivity index (χ1) is 4.29. The van der Waals surface area contributed by atoms with Crippen LogP contribution in [0.4, 0.5) is 0 Å². The zero-order valence-electron chi connectivity index (χ0n) is 5.83. The molecule has 0 aliphatic rings. The molecule has 1 heterocycles. The summed E-state index contributed by atoms with van der Waals surface area (Å²) in [7, 11) is 0. The average Bonchev–Trinajstić information content (AvgIpc) is 2.15. The fraction of sp³-hybridized carbons (Fsp3) is 0.429. The van der Waals surface area contributed by atoms with E-state index in [1.165, 1.54) is 5.92 Å². The minimum absolute atomic E-state index is 0.986. The Morgan fingerprint density at radius 1 is 1.56 bits per heavy atom. The Kier molecular flexibility index (Phi) is 1.88. The van der Waals surface area contributed by atoms with Crippen LogP contribution in [0, 0.1) is 5.92 Å². The van der Waals surface area contributed by atoms with E-state index >= 15 is 0 Å². The summed E-state index contributed by atoms with van der Waals surface area (Å²) in [5.41, 5.74) is 0. The van der Waals surface area contributed by atoms with E-state index in [0.717, 1.165) is 6.54 Å². The molecule has 1 radical (unpaired) electrons. The molecule has 0 unspecified atom stereocenters. The molecule has 1 aromatic heterocycles. The van der Waals surface area contributed by atoms with Gasteiger partial charge in [0.15, 0.2) is 0 Å². The second kappa shape index (κ2) is 2.67. The molecule has 0 fully saturated rings. The molecule has 0 saturated heterocycles. The van der Waals surface area contributed by atoms with Gasteiger partial charge in [-0.15, -0.1) is 0 Å². The summed E-state index contributed by atoms with van der Waals surface area (Å²) in [6.45, 7) is 5.21. The van der Waals surface area contributed by atoms with Crippen molar-refractivity contribution in [1.29, 1.82) is 0 Å². The third-order valence-electron chi connectivity index (χ3n) is 1.06. The van der Waals surface area contributed by atoms with Crippen LogP contribution in [0.3, 0.4) is 0 Å². The predicted octanol–water partition coefficient (Wildman–Crippen LogP) is 1.50. The first-order valence-electron chi connectivity index (χ1n) is 3.04. The van der Waals surface area contributed by atoms with Crippen LogP contribution in [0.25, 0.3) is 0 Å². The zero-order chi connectivity index (χ0) is 6.69. The minimum atomic E-state index is 0.986. The summed E-state index contributed by atoms with van der Waals surface area (Å²) in [5, 5.41) is 0. The molecule has 2 nitrogen and oxygen atoms in total. The Morgan fingerprint density at radius 2 is 2.33 bits per heavy atom. The Balaban J connectivity index is 2.48. The Hall–Kier alpha value is -0.790. The SMILES string of the molecule is C[C](C)Cn1ccnc1. The number of hydrogen-bond acceptors (Lipinski definition) is 1. The van der Waals surface area contributed by atoms with Gasteiger partial charge in [-0.05, 0) is 5.92 Å². The summed E-state index contributed by atoms with van der Waals surface area (Å²) >= 11 is 0. The highest BCUT2D eigenvalue weighted by Crippen LogP contribution is 1.98. The van der Waals surface area contributed by atoms with Gasteiger partial charge in [-0.3, -0.25) is 0 Å². The van der Waals surface area contributed by atoms with Crippen molar-refractivity contribution < 1.29 is 0 Å². The second-order valence-corrected chi connectivity index (χ2v) is 2.44. The van der Waals surface area contributed by atoms with Gasteiger partial charge in [-0.25, -0.2) is 4.98 Å². The van der Waals surface area contributed by atoms with Gasteiger partial charge in [0.1, 0.15) is 0 Å². The van der Waals surface area contributed by atoms with Crippen molar-refractivity contribution in [3.63, 3.8) is 0 Å². The molecule has 9 heavy (non-hydrogen) atoms. The standard InChI is InChI=1S/C7H11N2/c1-7(2)5-9-4-3-8-6-9/h3-4,6H,5H2,1-2H3. The van der Waals surface area contributed by atoms with Gasteiger partial charge < -0.3 is 4.57 Å². The van der Waals surface area contributed by atoms with Crippen molar-refractivity contribution in [3.8, 4) is 0 Å². The lowest BCUT2D eigenvalue weighted by Crippen LogP contribution is -1.98. The van der Waals surface area contributed by atoms with Crippen LogP contribution in [0.1, 0.15) is 13.8 Å². The first kappa shape index (κ1) is 6.33. The molecular weight excluding hydrogens is 112 g/mol. The molecular formula is C7H11N2. The van der Waals surface area contributed by atoms with Gasteiger partial charge in [0.05, 0.1) is 6.33 Å². The monoisotopic (exact) mass is 123 g/mol. The smallest absolute Gasteiger partial charge is 0.0946 e. The molecule has 49 valence electrons. The van der Waals surface area contributed by atoms with Crippen molar-refractivity contribution in [3.05, 3.63) is 24.6 Å². The second-order valence-electron chi connectivity index (χ2n) is 2.44. The molecule has 0 bridgehead atoms. The quantitative estimate of drug-likeness (QED) is 0.582. The largest absolute Gasteiger partial charge is 0.337 e. The minimum Gasteiger partial charge on any atom is -0.337 e. The van der Waals surface area contributed by atoms with E-state index in [9.17, 15) is 0 Å². The Morgan fingerprint density at radius 3 is 2.78 bits per heavy atom. The van der Waals surface area contributed by atoms with Gasteiger partial charge >= 0.3 is 0 Å². The topological polar surface area (TPSA) is 17.8 Å². The summed E-state index contributed by atoms with van der Waals surface area (Å²) in [6, 6.07) is 0. The van der Waals surface area contributed by atoms with Gasteiger partial charge in [0, 0.05) is 18.9 Å². The van der Waals surface area contributed by atoms with Crippen LogP contribution in [0.5, 0.6) is 0 Å². The van der Waals surface area contributed by atoms with E-state index in [1.54, 1.807) is 6.20 Å². The van der Waals surface area contributed by atoms with Gasteiger partial charge in [-0.2, -0.15) is 0 Å². The van der Waals surface area contributed by atoms with Crippen LogP contribution in [0.15, 0.2) is 18.7 Å². The molecule has 0 aromatic carbocycles. The third-order valence-corrected chi connectivity index (χ3v) is 1.06. The van der Waals surface area contributed by atoms with Crippen molar-refractivity contribution in [2.75, 3.05) is 0 Å². The van der Waals surface area contributed by atoms with E-state index in [-0.39, 0.29) is 0 Å². The molecule has 0 amide bonds. The number of rotatable bonds is 2. The van der Waals surface area contributed by atoms with Crippen LogP contribution in [-0.2, 0) is 6.54 Å². The molecule has 0 saturated carbocycles. The predicted molar refractivity (Wildman–Crippen MR) is 36.8 cm³/mol. The Bertz CT molecular complexity index is 153. The van der Waals surface area contributed by atoms with Crippen LogP contribution in [-0.4, -0.2) is 9.55 Å². The molecule has 0 atom stereocenters. The summed E-state index contributed by atoms with van der Waals surface area (Å²) in [5.74, 6) is 1.40. The fourth-order valence-electron chi connectivity index (χ4n) is 0.745. The van der Waals surface area contributed by atoms with E-state index < -0.39 is 0 Å². The molecule has 0 N–H and O–H groups in total. The fourth-order valence-corrected chi connectivity index (χ4v) is 0.745. The lowest BCUT2D eigenvalue weighted by atomic mass is 10.2. The van der Waals surface area contributed by atoms with Gasteiger partial charge in [-0.1, -0.05) is 13.8 Å². The number of nitrogens with zero attached hydrogens (tertiary/aromatic N) is 2. The summed E-state index contributed by atoms with van der Waals surface area (Å²) in [4.78, 5) is 3.92. The maximum Gasteiger partial charge on any atom is 0.0946 e. The van der Waals surface area contributed by atoms with E-state index in [4.69, 9.17) is 0 Å². The van der Waals surface area contributed by atoms with Crippen LogP contribution < -0.4 is 0 Å². The van der Waals surface area contributed by atoms with Crippen molar-refractivity contribution in [2.24, 2.45) is 0 Å². The number of hydrogen-bond donors (Lipinski definition) is 0. The van der Waals surface area contributed by atoms with Crippen molar-refractivity contribution in [2.45, 2.75) is 20.4 Å². The highest BCUT2D eigenvalue weighted by Gasteiger charge is 1.93. The summed E-state index contributed by atoms with van der Waals surface area (Å²) in [6.07, 6.45) is 5.59. The summed E-state index contributed by atoms with van der Waals surface area (Å²) < 4.78 is 2.05. The molecule has 0 aliphatic heterocycles. The molecule has 0 aliphatic carbocycles. The maximum absolute atomic E-state index is 3.92. The average molecular weight is 123 g/mol. The van der Waals surface area contributed by atoms with Crippen molar-refractivity contribution in [1.82, 2.24) is 9.55 Å². The van der Waals surface area contributed by atoms with E-state index in [1.807, 2.05) is 12.5 Å². The first-order valence-corrected chi connectivity index (χ1v) is 3.04. The lowest BCUT2D eigenvalue weighted by molar-refractivity contribution is 0.711. The highest BCUT2D eigenvalue weighted by molar-refractivity contribution is 4.83. The van der Waals surface area contributed by atoms with Gasteiger partial charge in [0.2, 0.25) is 0 Å². The maximum atomic E-state index is 3.92. The van der Waals surface area contributed by atoms with Crippen LogP contribution in [0.2, 0.25) is 0 Å². The molecule has 1 aromatic rings. The molecule has 0 spiro atoms. The van der Waals surface area contributed by atoms with E-state index in [2.05, 4.69) is 23.4 Å².